The fourth-order valence-corrected chi connectivity index (χ4v) is 9.58. The lowest BCUT2D eigenvalue weighted by Crippen LogP contribution is -2.19. The average Bonchev–Trinajstić information content (AvgIpc) is 3.72. The van der Waals surface area contributed by atoms with Crippen LogP contribution in [0.3, 0.4) is 0 Å². The van der Waals surface area contributed by atoms with E-state index in [1.54, 1.807) is 0 Å². The lowest BCUT2D eigenvalue weighted by Gasteiger charge is -2.28. The number of aromatic nitrogens is 1. The van der Waals surface area contributed by atoms with Gasteiger partial charge in [-0.05, 0) is 133 Å². The minimum Gasteiger partial charge on any atom is -0.309 e. The zero-order valence-electron chi connectivity index (χ0n) is 37.2. The molecule has 304 valence electrons. The van der Waals surface area contributed by atoms with Gasteiger partial charge in [-0.25, -0.2) is 0 Å². The number of benzene rings is 5. The van der Waals surface area contributed by atoms with Crippen LogP contribution in [0.1, 0.15) is 114 Å². The van der Waals surface area contributed by atoms with Crippen LogP contribution in [0.5, 0.6) is 0 Å². The molecule has 0 saturated heterocycles. The molecule has 0 amide bonds. The van der Waals surface area contributed by atoms with Crippen molar-refractivity contribution in [2.24, 2.45) is 5.92 Å². The van der Waals surface area contributed by atoms with Gasteiger partial charge >= 0.3 is 0 Å². The lowest BCUT2D eigenvalue weighted by atomic mass is 9.76. The Morgan fingerprint density at radius 1 is 0.650 bits per heavy atom. The van der Waals surface area contributed by atoms with Gasteiger partial charge in [-0.15, -0.1) is 0 Å². The Balaban J connectivity index is 0.000000142. The normalized spacial score (nSPS) is 21.1. The number of rotatable bonds is 5. The van der Waals surface area contributed by atoms with Crippen LogP contribution < -0.4 is 0 Å². The smallest absolute Gasteiger partial charge is 0.0541 e. The molecule has 10 rings (SSSR count). The maximum absolute atomic E-state index is 2.47. The molecule has 4 aliphatic carbocycles. The van der Waals surface area contributed by atoms with Gasteiger partial charge in [-0.2, -0.15) is 0 Å². The van der Waals surface area contributed by atoms with Crippen molar-refractivity contribution in [3.05, 3.63) is 214 Å². The summed E-state index contributed by atoms with van der Waals surface area (Å²) in [5.74, 6) is 1.28. The molecule has 4 aliphatic rings. The predicted molar refractivity (Wildman–Crippen MR) is 260 cm³/mol. The summed E-state index contributed by atoms with van der Waals surface area (Å²) < 4.78 is 2.43. The third-order valence-corrected chi connectivity index (χ3v) is 13.6. The van der Waals surface area contributed by atoms with Crippen LogP contribution in [-0.2, 0) is 23.7 Å². The van der Waals surface area contributed by atoms with E-state index in [-0.39, 0.29) is 10.8 Å². The van der Waals surface area contributed by atoms with E-state index in [2.05, 4.69) is 224 Å². The molecule has 1 heterocycles. The van der Waals surface area contributed by atoms with Crippen molar-refractivity contribution in [1.82, 2.24) is 4.57 Å². The SMILES string of the molecule is CC1=CCC(c2ccccc2)C=C1.CC1C=C2C(=CC1)c1ccccc1C2(C)C.CCc1ccc(-n2c3ccc(CC)cc3c3cc(C4(C)C=CC(C)=CC4)ccc32)cc1. The van der Waals surface area contributed by atoms with Crippen LogP contribution in [-0.4, -0.2) is 4.57 Å². The molecule has 5 aromatic carbocycles. The van der Waals surface area contributed by atoms with Gasteiger partial charge < -0.3 is 4.57 Å². The van der Waals surface area contributed by atoms with E-state index in [0.29, 0.717) is 11.8 Å². The number of allylic oxidation sites excluding steroid dienone is 12. The highest BCUT2D eigenvalue weighted by atomic mass is 15.0. The fraction of sp³-hybridized carbons (Fsp3) is 0.288. The largest absolute Gasteiger partial charge is 0.309 e. The van der Waals surface area contributed by atoms with Crippen molar-refractivity contribution in [1.29, 1.82) is 0 Å². The minimum absolute atomic E-state index is 0.0489. The zero-order valence-corrected chi connectivity index (χ0v) is 37.2. The highest BCUT2D eigenvalue weighted by Crippen LogP contribution is 2.51. The zero-order chi connectivity index (χ0) is 42.0. The molecule has 0 N–H and O–H groups in total. The van der Waals surface area contributed by atoms with Gasteiger partial charge in [0.25, 0.3) is 0 Å². The highest BCUT2D eigenvalue weighted by molar-refractivity contribution is 6.09. The highest BCUT2D eigenvalue weighted by Gasteiger charge is 2.38. The first-order chi connectivity index (χ1) is 29.0. The van der Waals surface area contributed by atoms with Crippen molar-refractivity contribution in [2.45, 2.75) is 104 Å². The van der Waals surface area contributed by atoms with Crippen LogP contribution in [0.4, 0.5) is 0 Å². The molecule has 1 nitrogen and oxygen atoms in total. The Hall–Kier alpha value is -5.66. The summed E-state index contributed by atoms with van der Waals surface area (Å²) in [5, 5.41) is 2.70. The Morgan fingerprint density at radius 3 is 2.00 bits per heavy atom. The number of fused-ring (bicyclic) bond motifs is 6. The number of hydrogen-bond acceptors (Lipinski definition) is 0. The summed E-state index contributed by atoms with van der Waals surface area (Å²) in [6.45, 7) is 18.1. The van der Waals surface area contributed by atoms with Gasteiger partial charge in [-0.3, -0.25) is 0 Å². The number of aryl methyl sites for hydroxylation is 2. The van der Waals surface area contributed by atoms with Crippen LogP contribution >= 0.6 is 0 Å². The third-order valence-electron chi connectivity index (χ3n) is 13.6. The van der Waals surface area contributed by atoms with E-state index < -0.39 is 0 Å². The average molecular weight is 786 g/mol. The monoisotopic (exact) mass is 785 g/mol. The second-order valence-corrected chi connectivity index (χ2v) is 18.3. The van der Waals surface area contributed by atoms with E-state index in [1.807, 2.05) is 0 Å². The summed E-state index contributed by atoms with van der Waals surface area (Å²) in [7, 11) is 0. The lowest BCUT2D eigenvalue weighted by molar-refractivity contribution is 0.597. The Bertz CT molecular complexity index is 2700. The van der Waals surface area contributed by atoms with Gasteiger partial charge in [0.05, 0.1) is 11.0 Å². The summed E-state index contributed by atoms with van der Waals surface area (Å²) in [6.07, 6.45) is 24.2. The van der Waals surface area contributed by atoms with Gasteiger partial charge in [-0.1, -0.05) is 180 Å². The molecule has 0 radical (unpaired) electrons. The first-order valence-corrected chi connectivity index (χ1v) is 22.4. The van der Waals surface area contributed by atoms with Gasteiger partial charge in [0.15, 0.2) is 0 Å². The van der Waals surface area contributed by atoms with E-state index in [0.717, 1.165) is 25.7 Å². The Kier molecular flexibility index (Phi) is 11.7. The first-order valence-electron chi connectivity index (χ1n) is 22.4. The Labute approximate surface area is 360 Å². The third kappa shape index (κ3) is 8.12. The molecule has 0 bridgehead atoms. The molecule has 1 aromatic heterocycles. The van der Waals surface area contributed by atoms with Crippen LogP contribution in [0.15, 0.2) is 181 Å². The predicted octanol–water partition coefficient (Wildman–Crippen LogP) is 16.1. The molecule has 0 spiro atoms. The molecule has 1 heteroatoms. The van der Waals surface area contributed by atoms with Gasteiger partial charge in [0, 0.05) is 33.2 Å². The molecule has 3 atom stereocenters. The van der Waals surface area contributed by atoms with Crippen molar-refractivity contribution in [3.63, 3.8) is 0 Å². The van der Waals surface area contributed by atoms with Crippen LogP contribution in [0.2, 0.25) is 0 Å². The minimum atomic E-state index is 0.0489. The molecule has 0 saturated carbocycles. The van der Waals surface area contributed by atoms with E-state index >= 15 is 0 Å². The molecule has 3 unspecified atom stereocenters. The molecular weight excluding hydrogens is 723 g/mol. The second-order valence-electron chi connectivity index (χ2n) is 18.3. The number of nitrogens with zero attached hydrogens (tertiary/aromatic N) is 1. The fourth-order valence-electron chi connectivity index (χ4n) is 9.58. The van der Waals surface area contributed by atoms with Crippen molar-refractivity contribution in [3.8, 4) is 5.69 Å². The quantitative estimate of drug-likeness (QED) is 0.164. The summed E-state index contributed by atoms with van der Waals surface area (Å²) >= 11 is 0. The second kappa shape index (κ2) is 17.1. The van der Waals surface area contributed by atoms with E-state index in [4.69, 9.17) is 0 Å². The molecular formula is C59H63N. The standard InChI is InChI=1S/C30H31N.C16H18.C13H14/c1-5-22-7-11-25(12-8-22)31-28-13-9-23(6-2)19-26(28)27-20-24(10-14-29(27)31)30(4)17-15-21(3)16-18-30;1-11-8-9-13-12-6-4-5-7-14(12)16(2,3)15(13)10-11;1-11-7-9-13(10-8-11)12-5-3-2-4-6-12/h7-17,19-20H,5-6,18H2,1-4H3;4-7,9-11H,8H2,1-3H3;2-9,13H,10H2,1H3. The molecule has 0 fully saturated rings. The maximum Gasteiger partial charge on any atom is 0.0541 e. The Morgan fingerprint density at radius 2 is 1.32 bits per heavy atom. The van der Waals surface area contributed by atoms with E-state index in [1.165, 1.54) is 89.6 Å². The first kappa shape index (κ1) is 41.1. The van der Waals surface area contributed by atoms with Gasteiger partial charge in [0.2, 0.25) is 0 Å². The summed E-state index contributed by atoms with van der Waals surface area (Å²) in [6, 6.07) is 42.6. The topological polar surface area (TPSA) is 4.93 Å². The number of hydrogen-bond donors (Lipinski definition) is 0. The molecule has 0 aliphatic heterocycles. The van der Waals surface area contributed by atoms with Crippen molar-refractivity contribution in [2.75, 3.05) is 0 Å². The molecule has 6 aromatic rings. The van der Waals surface area contributed by atoms with E-state index in [9.17, 15) is 0 Å². The van der Waals surface area contributed by atoms with Crippen molar-refractivity contribution < 1.29 is 0 Å². The summed E-state index contributed by atoms with van der Waals surface area (Å²) in [4.78, 5) is 0. The maximum atomic E-state index is 2.47. The van der Waals surface area contributed by atoms with Crippen LogP contribution in [0, 0.1) is 5.92 Å². The van der Waals surface area contributed by atoms with Crippen molar-refractivity contribution >= 4 is 27.4 Å². The van der Waals surface area contributed by atoms with Gasteiger partial charge in [0.1, 0.15) is 0 Å². The molecule has 60 heavy (non-hydrogen) atoms. The van der Waals surface area contributed by atoms with Crippen LogP contribution in [0.25, 0.3) is 33.1 Å². The summed E-state index contributed by atoms with van der Waals surface area (Å²) in [5.41, 5.74) is 18.3.